The largest absolute Gasteiger partial charge is 0.310 e. The summed E-state index contributed by atoms with van der Waals surface area (Å²) in [4.78, 5) is 0. The first-order valence-corrected chi connectivity index (χ1v) is 8.56. The molecule has 0 saturated heterocycles. The molecular weight excluding hydrogens is 322 g/mol. The zero-order valence-corrected chi connectivity index (χ0v) is 14.1. The molecule has 0 aromatic heterocycles. The van der Waals surface area contributed by atoms with E-state index < -0.39 is 0 Å². The van der Waals surface area contributed by atoms with Crippen LogP contribution in [0.1, 0.15) is 42.4 Å². The first-order chi connectivity index (χ1) is 10.2. The van der Waals surface area contributed by atoms with E-state index >= 15 is 0 Å². The lowest BCUT2D eigenvalue weighted by Crippen LogP contribution is -2.27. The molecular formula is C19H22BrN. The smallest absolute Gasteiger partial charge is 0.0208 e. The Hall–Kier alpha value is -1.12. The van der Waals surface area contributed by atoms with Crippen molar-refractivity contribution in [1.82, 2.24) is 5.32 Å². The van der Waals surface area contributed by atoms with Crippen molar-refractivity contribution in [3.63, 3.8) is 0 Å². The van der Waals surface area contributed by atoms with E-state index in [-0.39, 0.29) is 0 Å². The molecule has 0 aliphatic heterocycles. The maximum absolute atomic E-state index is 3.61. The van der Waals surface area contributed by atoms with Gasteiger partial charge in [0, 0.05) is 17.1 Å². The summed E-state index contributed by atoms with van der Waals surface area (Å²) < 4.78 is 1.14. The van der Waals surface area contributed by atoms with Gasteiger partial charge in [-0.3, -0.25) is 0 Å². The molecule has 1 N–H and O–H groups in total. The lowest BCUT2D eigenvalue weighted by Gasteiger charge is -2.14. The highest BCUT2D eigenvalue weighted by Gasteiger charge is 2.22. The van der Waals surface area contributed by atoms with E-state index in [1.165, 1.54) is 29.5 Å². The van der Waals surface area contributed by atoms with Gasteiger partial charge in [0.1, 0.15) is 0 Å². The first-order valence-electron chi connectivity index (χ1n) is 7.77. The average Bonchev–Trinajstić information content (AvgIpc) is 3.33. The van der Waals surface area contributed by atoms with Gasteiger partial charge in [0.2, 0.25) is 0 Å². The summed E-state index contributed by atoms with van der Waals surface area (Å²) in [7, 11) is 0. The minimum Gasteiger partial charge on any atom is -0.310 e. The summed E-state index contributed by atoms with van der Waals surface area (Å²) in [5, 5.41) is 3.61. The minimum absolute atomic E-state index is 0.481. The number of rotatable bonds is 6. The van der Waals surface area contributed by atoms with Crippen LogP contribution in [0.3, 0.4) is 0 Å². The minimum atomic E-state index is 0.481. The molecule has 1 atom stereocenters. The van der Waals surface area contributed by atoms with Crippen molar-refractivity contribution >= 4 is 15.9 Å². The highest BCUT2D eigenvalue weighted by molar-refractivity contribution is 9.10. The zero-order valence-electron chi connectivity index (χ0n) is 12.5. The third-order valence-electron chi connectivity index (χ3n) is 4.14. The van der Waals surface area contributed by atoms with E-state index in [1.54, 1.807) is 0 Å². The molecule has 110 valence electrons. The van der Waals surface area contributed by atoms with Crippen molar-refractivity contribution < 1.29 is 0 Å². The van der Waals surface area contributed by atoms with Gasteiger partial charge in [0.25, 0.3) is 0 Å². The molecule has 1 unspecified atom stereocenters. The Balaban J connectivity index is 1.48. The van der Waals surface area contributed by atoms with Gasteiger partial charge in [0.05, 0.1) is 0 Å². The maximum Gasteiger partial charge on any atom is 0.0208 e. The Labute approximate surface area is 135 Å². The molecule has 1 aliphatic carbocycles. The molecule has 1 saturated carbocycles. The van der Waals surface area contributed by atoms with Crippen molar-refractivity contribution in [2.24, 2.45) is 0 Å². The Morgan fingerprint density at radius 1 is 1.00 bits per heavy atom. The van der Waals surface area contributed by atoms with Crippen LogP contribution < -0.4 is 5.32 Å². The quantitative estimate of drug-likeness (QED) is 0.773. The SMILES string of the molecule is CC(Cc1ccc(Br)cc1)NCc1ccc(C2CC2)cc1. The summed E-state index contributed by atoms with van der Waals surface area (Å²) in [6.07, 6.45) is 3.82. The number of halogens is 1. The zero-order chi connectivity index (χ0) is 14.7. The second-order valence-corrected chi connectivity index (χ2v) is 7.04. The maximum atomic E-state index is 3.61. The molecule has 2 heteroatoms. The van der Waals surface area contributed by atoms with Crippen molar-refractivity contribution in [2.75, 3.05) is 0 Å². The Morgan fingerprint density at radius 2 is 1.62 bits per heavy atom. The molecule has 0 heterocycles. The topological polar surface area (TPSA) is 12.0 Å². The van der Waals surface area contributed by atoms with Gasteiger partial charge in [-0.1, -0.05) is 52.3 Å². The van der Waals surface area contributed by atoms with Gasteiger partial charge >= 0.3 is 0 Å². The molecule has 2 aromatic carbocycles. The molecule has 1 aliphatic rings. The molecule has 1 fully saturated rings. The second kappa shape index (κ2) is 6.76. The molecule has 0 spiro atoms. The second-order valence-electron chi connectivity index (χ2n) is 6.13. The number of benzene rings is 2. The van der Waals surface area contributed by atoms with Gasteiger partial charge in [-0.2, -0.15) is 0 Å². The fourth-order valence-electron chi connectivity index (χ4n) is 2.66. The number of nitrogens with one attached hydrogen (secondary N) is 1. The van der Waals surface area contributed by atoms with E-state index in [0.29, 0.717) is 6.04 Å². The third kappa shape index (κ3) is 4.42. The fraction of sp³-hybridized carbons (Fsp3) is 0.368. The summed E-state index contributed by atoms with van der Waals surface area (Å²) in [5.74, 6) is 0.850. The highest BCUT2D eigenvalue weighted by atomic mass is 79.9. The van der Waals surface area contributed by atoms with Gasteiger partial charge in [-0.25, -0.2) is 0 Å². The van der Waals surface area contributed by atoms with Gasteiger partial charge < -0.3 is 5.32 Å². The van der Waals surface area contributed by atoms with Crippen LogP contribution in [-0.2, 0) is 13.0 Å². The van der Waals surface area contributed by atoms with Crippen LogP contribution in [0.4, 0.5) is 0 Å². The predicted octanol–water partition coefficient (Wildman–Crippen LogP) is 5.05. The molecule has 0 radical (unpaired) electrons. The van der Waals surface area contributed by atoms with Crippen molar-refractivity contribution in [3.05, 3.63) is 69.7 Å². The first kappa shape index (κ1) is 14.8. The van der Waals surface area contributed by atoms with E-state index in [2.05, 4.69) is 76.7 Å². The molecule has 21 heavy (non-hydrogen) atoms. The molecule has 3 rings (SSSR count). The lowest BCUT2D eigenvalue weighted by molar-refractivity contribution is 0.545. The number of hydrogen-bond acceptors (Lipinski definition) is 1. The van der Waals surface area contributed by atoms with Crippen LogP contribution >= 0.6 is 15.9 Å². The van der Waals surface area contributed by atoms with Crippen molar-refractivity contribution in [3.8, 4) is 0 Å². The van der Waals surface area contributed by atoms with Crippen LogP contribution in [0.25, 0.3) is 0 Å². The monoisotopic (exact) mass is 343 g/mol. The number of hydrogen-bond donors (Lipinski definition) is 1. The molecule has 0 bridgehead atoms. The standard InChI is InChI=1S/C19H22BrN/c1-14(12-15-4-10-19(20)11-5-15)21-13-16-2-6-17(7-3-16)18-8-9-18/h2-7,10-11,14,18,21H,8-9,12-13H2,1H3. The van der Waals surface area contributed by atoms with Crippen LogP contribution in [0.15, 0.2) is 53.0 Å². The summed E-state index contributed by atoms with van der Waals surface area (Å²) >= 11 is 3.48. The van der Waals surface area contributed by atoms with E-state index in [4.69, 9.17) is 0 Å². The Morgan fingerprint density at radius 3 is 2.24 bits per heavy atom. The van der Waals surface area contributed by atoms with E-state index in [9.17, 15) is 0 Å². The van der Waals surface area contributed by atoms with Crippen molar-refractivity contribution in [1.29, 1.82) is 0 Å². The highest BCUT2D eigenvalue weighted by Crippen LogP contribution is 2.39. The normalized spacial score (nSPS) is 15.9. The third-order valence-corrected chi connectivity index (χ3v) is 4.67. The van der Waals surface area contributed by atoms with Gasteiger partial charge in [0.15, 0.2) is 0 Å². The Bertz CT molecular complexity index is 570. The van der Waals surface area contributed by atoms with Crippen LogP contribution in [0.2, 0.25) is 0 Å². The summed E-state index contributed by atoms with van der Waals surface area (Å²) in [6.45, 7) is 3.20. The van der Waals surface area contributed by atoms with Gasteiger partial charge in [-0.15, -0.1) is 0 Å². The van der Waals surface area contributed by atoms with E-state index in [0.717, 1.165) is 23.4 Å². The fourth-order valence-corrected chi connectivity index (χ4v) is 2.93. The lowest BCUT2D eigenvalue weighted by atomic mass is 10.1. The molecule has 1 nitrogen and oxygen atoms in total. The summed E-state index contributed by atoms with van der Waals surface area (Å²) in [5.41, 5.74) is 4.27. The van der Waals surface area contributed by atoms with E-state index in [1.807, 2.05) is 0 Å². The Kier molecular flexibility index (Phi) is 4.77. The average molecular weight is 344 g/mol. The predicted molar refractivity (Wildman–Crippen MR) is 92.6 cm³/mol. The summed E-state index contributed by atoms with van der Waals surface area (Å²) in [6, 6.07) is 18.2. The van der Waals surface area contributed by atoms with Gasteiger partial charge in [-0.05, 0) is 60.9 Å². The molecule has 0 amide bonds. The van der Waals surface area contributed by atoms with Crippen LogP contribution in [0.5, 0.6) is 0 Å². The van der Waals surface area contributed by atoms with Crippen molar-refractivity contribution in [2.45, 2.75) is 44.7 Å². The van der Waals surface area contributed by atoms with Crippen LogP contribution in [-0.4, -0.2) is 6.04 Å². The van der Waals surface area contributed by atoms with Crippen LogP contribution in [0, 0.1) is 0 Å². The molecule has 2 aromatic rings.